The Morgan fingerprint density at radius 3 is 2.64 bits per heavy atom. The van der Waals surface area contributed by atoms with E-state index >= 15 is 4.39 Å². The zero-order chi connectivity index (χ0) is 29.7. The van der Waals surface area contributed by atoms with Crippen LogP contribution in [0.3, 0.4) is 0 Å². The van der Waals surface area contributed by atoms with Crippen molar-refractivity contribution >= 4 is 33.9 Å². The van der Waals surface area contributed by atoms with Gasteiger partial charge in [0.15, 0.2) is 0 Å². The first-order valence-electron chi connectivity index (χ1n) is 13.5. The van der Waals surface area contributed by atoms with E-state index in [1.807, 2.05) is 27.7 Å². The fourth-order valence-electron chi connectivity index (χ4n) is 4.19. The summed E-state index contributed by atoms with van der Waals surface area (Å²) in [7, 11) is 0. The molecule has 0 spiro atoms. The highest BCUT2D eigenvalue weighted by molar-refractivity contribution is 6.31. The molecule has 1 aliphatic carbocycles. The van der Waals surface area contributed by atoms with Gasteiger partial charge in [0.2, 0.25) is 0 Å². The van der Waals surface area contributed by atoms with Gasteiger partial charge in [-0.15, -0.1) is 5.10 Å². The van der Waals surface area contributed by atoms with Crippen molar-refractivity contribution in [2.45, 2.75) is 52.1 Å². The Labute approximate surface area is 234 Å². The maximum atomic E-state index is 15.4. The number of hydrogen-bond donors (Lipinski definition) is 2. The minimum absolute atomic E-state index is 0.0404. The normalized spacial score (nSPS) is 16.4. The van der Waals surface area contributed by atoms with Gasteiger partial charge in [-0.1, -0.05) is 43.7 Å². The molecule has 39 heavy (non-hydrogen) atoms. The molecule has 0 radical (unpaired) electrons. The second kappa shape index (κ2) is 9.83. The second-order valence-corrected chi connectivity index (χ2v) is 11.6. The van der Waals surface area contributed by atoms with Crippen molar-refractivity contribution in [1.29, 1.82) is 10.5 Å². The van der Waals surface area contributed by atoms with Crippen LogP contribution in [0.15, 0.2) is 42.7 Å². The molecule has 10 heteroatoms. The lowest BCUT2D eigenvalue weighted by Crippen LogP contribution is -2.20. The zero-order valence-corrected chi connectivity index (χ0v) is 22.8. The van der Waals surface area contributed by atoms with Crippen LogP contribution in [-0.4, -0.2) is 26.5 Å². The number of benzene rings is 2. The quantitative estimate of drug-likeness (QED) is 0.272. The van der Waals surface area contributed by atoms with Gasteiger partial charge in [-0.05, 0) is 49.4 Å². The number of rotatable bonds is 7. The zero-order valence-electron chi connectivity index (χ0n) is 24.0. The molecule has 0 aliphatic heterocycles. The lowest BCUT2D eigenvalue weighted by atomic mass is 9.96. The van der Waals surface area contributed by atoms with Gasteiger partial charge in [-0.25, -0.2) is 9.07 Å². The first kappa shape index (κ1) is 23.9. The van der Waals surface area contributed by atoms with Crippen LogP contribution in [0.4, 0.5) is 15.8 Å². The second-order valence-electron chi connectivity index (χ2n) is 11.2. The third-order valence-corrected chi connectivity index (χ3v) is 6.97. The lowest BCUT2D eigenvalue weighted by Gasteiger charge is -2.23. The van der Waals surface area contributed by atoms with E-state index in [1.165, 1.54) is 35.1 Å². The van der Waals surface area contributed by atoms with Gasteiger partial charge in [-0.3, -0.25) is 4.98 Å². The summed E-state index contributed by atoms with van der Waals surface area (Å²) in [5.41, 5.74) is 0.646. The summed E-state index contributed by atoms with van der Waals surface area (Å²) < 4.78 is 35.3. The van der Waals surface area contributed by atoms with Crippen LogP contribution in [0.5, 0.6) is 0 Å². The van der Waals surface area contributed by atoms with Crippen molar-refractivity contribution in [3.05, 3.63) is 75.9 Å². The fourth-order valence-corrected chi connectivity index (χ4v) is 4.44. The molecule has 1 aliphatic rings. The molecule has 2 heterocycles. The van der Waals surface area contributed by atoms with Crippen LogP contribution in [-0.2, 0) is 5.54 Å². The molecule has 198 valence electrons. The van der Waals surface area contributed by atoms with Gasteiger partial charge in [0.25, 0.3) is 0 Å². The predicted molar refractivity (Wildman–Crippen MR) is 149 cm³/mol. The molecule has 0 amide bonds. The first-order chi connectivity index (χ1) is 19.3. The third-order valence-electron chi connectivity index (χ3n) is 6.66. The van der Waals surface area contributed by atoms with Gasteiger partial charge >= 0.3 is 0 Å². The highest BCUT2D eigenvalue weighted by Crippen LogP contribution is 2.43. The van der Waals surface area contributed by atoms with E-state index in [9.17, 15) is 11.9 Å². The van der Waals surface area contributed by atoms with E-state index in [0.717, 1.165) is 12.8 Å². The Kier molecular flexibility index (Phi) is 6.02. The van der Waals surface area contributed by atoms with Crippen molar-refractivity contribution in [2.24, 2.45) is 5.41 Å². The maximum absolute atomic E-state index is 15.4. The van der Waals surface area contributed by atoms with E-state index in [4.69, 9.17) is 13.0 Å². The largest absolute Gasteiger partial charge is 0.383 e. The number of nitrogens with zero attached hydrogens (tertiary/aromatic N) is 6. The van der Waals surface area contributed by atoms with E-state index in [-0.39, 0.29) is 44.7 Å². The summed E-state index contributed by atoms with van der Waals surface area (Å²) in [6.45, 7) is 8.60. The van der Waals surface area contributed by atoms with E-state index < -0.39 is 17.4 Å². The van der Waals surface area contributed by atoms with Crippen LogP contribution >= 0.6 is 11.6 Å². The lowest BCUT2D eigenvalue weighted by molar-refractivity contribution is 0.443. The van der Waals surface area contributed by atoms with Gasteiger partial charge in [-0.2, -0.15) is 10.5 Å². The SMILES string of the molecule is [2H]c1c([C@]([2H])(Nc2cc(C#N)c3ncc(C#N)c(NCC(C)(C)C)c3c2)c2c(F)cccc2Cl)nnn1C1(C)CC1. The van der Waals surface area contributed by atoms with Crippen molar-refractivity contribution in [1.82, 2.24) is 20.0 Å². The molecular weight excluding hydrogens is 515 g/mol. The smallest absolute Gasteiger partial charge is 0.130 e. The average Bonchev–Trinajstić information content (AvgIpc) is 3.52. The Bertz CT molecular complexity index is 1740. The predicted octanol–water partition coefficient (Wildman–Crippen LogP) is 6.53. The highest BCUT2D eigenvalue weighted by atomic mass is 35.5. The Balaban J connectivity index is 1.73. The number of aromatic nitrogens is 4. The summed E-state index contributed by atoms with van der Waals surface area (Å²) in [6.07, 6.45) is 2.87. The topological polar surface area (TPSA) is 115 Å². The Morgan fingerprint density at radius 2 is 2.00 bits per heavy atom. The summed E-state index contributed by atoms with van der Waals surface area (Å²) in [6, 6.07) is 9.28. The number of pyridine rings is 1. The summed E-state index contributed by atoms with van der Waals surface area (Å²) in [5, 5.41) is 34.9. The molecule has 2 aromatic carbocycles. The molecule has 4 aromatic rings. The minimum atomic E-state index is -2.21. The highest BCUT2D eigenvalue weighted by Gasteiger charge is 2.41. The Morgan fingerprint density at radius 1 is 1.26 bits per heavy atom. The maximum Gasteiger partial charge on any atom is 0.130 e. The number of halogens is 2. The molecule has 0 unspecified atom stereocenters. The average molecular weight is 545 g/mol. The third kappa shape index (κ3) is 5.23. The van der Waals surface area contributed by atoms with Crippen molar-refractivity contribution in [2.75, 3.05) is 17.2 Å². The van der Waals surface area contributed by atoms with Gasteiger partial charge in [0.05, 0.1) is 36.8 Å². The van der Waals surface area contributed by atoms with Crippen LogP contribution in [0.25, 0.3) is 10.9 Å². The molecule has 5 rings (SSSR count). The molecule has 2 aromatic heterocycles. The van der Waals surface area contributed by atoms with Gasteiger partial charge < -0.3 is 10.6 Å². The van der Waals surface area contributed by atoms with Crippen molar-refractivity contribution in [3.63, 3.8) is 0 Å². The van der Waals surface area contributed by atoms with Crippen molar-refractivity contribution < 1.29 is 7.13 Å². The Hall–Kier alpha value is -4.21. The van der Waals surface area contributed by atoms with E-state index in [1.54, 1.807) is 6.07 Å². The summed E-state index contributed by atoms with van der Waals surface area (Å²) in [5.74, 6) is -0.770. The molecule has 1 fully saturated rings. The number of anilines is 2. The fraction of sp³-hybridized carbons (Fsp3) is 0.345. The molecule has 2 N–H and O–H groups in total. The summed E-state index contributed by atoms with van der Waals surface area (Å²) in [4.78, 5) is 4.36. The standard InChI is InChI=1S/C29H28ClFN8/c1-28(2,3)16-35-26-18(13-33)14-34-25-17(12-32)10-19(11-20(25)26)36-27(24-21(30)6-5-7-22(24)31)23-15-39(38-37-23)29(4)8-9-29/h5-7,10-11,14-15,27,36H,8-9,16H2,1-4H3,(H,34,35)/t27-/m0/s1/i15D,27D. The van der Waals surface area contributed by atoms with Crippen LogP contribution in [0.1, 0.15) is 71.7 Å². The van der Waals surface area contributed by atoms with Gasteiger partial charge in [0.1, 0.15) is 29.7 Å². The van der Waals surface area contributed by atoms with E-state index in [0.29, 0.717) is 23.1 Å². The monoisotopic (exact) mass is 544 g/mol. The van der Waals surface area contributed by atoms with Gasteiger partial charge in [0, 0.05) is 34.4 Å². The minimum Gasteiger partial charge on any atom is -0.383 e. The van der Waals surface area contributed by atoms with Crippen LogP contribution in [0.2, 0.25) is 5.02 Å². The number of hydrogen-bond acceptors (Lipinski definition) is 7. The number of nitrogens with one attached hydrogen (secondary N) is 2. The molecule has 1 saturated carbocycles. The molecule has 0 saturated heterocycles. The summed E-state index contributed by atoms with van der Waals surface area (Å²) >= 11 is 6.47. The van der Waals surface area contributed by atoms with Crippen molar-refractivity contribution in [3.8, 4) is 12.1 Å². The molecular formula is C29H28ClFN8. The first-order valence-corrected chi connectivity index (χ1v) is 12.9. The molecule has 0 bridgehead atoms. The van der Waals surface area contributed by atoms with Crippen LogP contribution in [0, 0.1) is 33.9 Å². The van der Waals surface area contributed by atoms with Crippen LogP contribution < -0.4 is 10.6 Å². The van der Waals surface area contributed by atoms with E-state index in [2.05, 4.69) is 38.1 Å². The number of fused-ring (bicyclic) bond motifs is 1. The molecule has 8 nitrogen and oxygen atoms in total. The number of nitriles is 2. The molecule has 1 atom stereocenters.